The first-order chi connectivity index (χ1) is 8.22. The van der Waals surface area contributed by atoms with Gasteiger partial charge in [0.05, 0.1) is 19.9 Å². The second-order valence-electron chi connectivity index (χ2n) is 3.80. The van der Waals surface area contributed by atoms with Crippen molar-refractivity contribution >= 4 is 11.8 Å². The highest BCUT2D eigenvalue weighted by atomic mass is 32.2. The third kappa shape index (κ3) is 4.09. The SMILES string of the molecule is COc1ccnc(CSCC(C)CO)c1OC. The van der Waals surface area contributed by atoms with E-state index in [1.54, 1.807) is 38.2 Å². The van der Waals surface area contributed by atoms with Crippen LogP contribution in [0.5, 0.6) is 11.5 Å². The molecule has 96 valence electrons. The highest BCUT2D eigenvalue weighted by molar-refractivity contribution is 7.98. The molecule has 0 amide bonds. The first kappa shape index (κ1) is 14.1. The van der Waals surface area contributed by atoms with Gasteiger partial charge < -0.3 is 14.6 Å². The quantitative estimate of drug-likeness (QED) is 0.809. The van der Waals surface area contributed by atoms with E-state index in [0.717, 1.165) is 17.2 Å². The Morgan fingerprint density at radius 1 is 1.41 bits per heavy atom. The third-order valence-corrected chi connectivity index (χ3v) is 3.60. The number of hydrogen-bond acceptors (Lipinski definition) is 5. The Labute approximate surface area is 106 Å². The van der Waals surface area contributed by atoms with Crippen LogP contribution in [-0.4, -0.2) is 36.7 Å². The largest absolute Gasteiger partial charge is 0.493 e. The van der Waals surface area contributed by atoms with Crippen LogP contribution in [0.3, 0.4) is 0 Å². The van der Waals surface area contributed by atoms with Crippen LogP contribution < -0.4 is 9.47 Å². The molecule has 1 unspecified atom stereocenters. The molecule has 17 heavy (non-hydrogen) atoms. The summed E-state index contributed by atoms with van der Waals surface area (Å²) in [7, 11) is 3.23. The van der Waals surface area contributed by atoms with Gasteiger partial charge in [-0.15, -0.1) is 0 Å². The van der Waals surface area contributed by atoms with Crippen molar-refractivity contribution in [2.75, 3.05) is 26.6 Å². The molecule has 1 atom stereocenters. The van der Waals surface area contributed by atoms with Crippen LogP contribution in [0.25, 0.3) is 0 Å². The Hall–Kier alpha value is -0.940. The van der Waals surface area contributed by atoms with Crippen molar-refractivity contribution in [2.45, 2.75) is 12.7 Å². The normalized spacial score (nSPS) is 12.2. The molecule has 0 aliphatic heterocycles. The molecule has 1 aromatic rings. The molecule has 0 radical (unpaired) electrons. The van der Waals surface area contributed by atoms with Gasteiger partial charge in [-0.2, -0.15) is 11.8 Å². The Kier molecular flexibility index (Phi) is 6.15. The topological polar surface area (TPSA) is 51.6 Å². The summed E-state index contributed by atoms with van der Waals surface area (Å²) in [5.41, 5.74) is 0.877. The lowest BCUT2D eigenvalue weighted by molar-refractivity contribution is 0.250. The Morgan fingerprint density at radius 2 is 2.18 bits per heavy atom. The first-order valence-corrected chi connectivity index (χ1v) is 6.62. The molecule has 0 fully saturated rings. The molecule has 0 spiro atoms. The molecular formula is C12H19NO3S. The lowest BCUT2D eigenvalue weighted by atomic mass is 10.2. The smallest absolute Gasteiger partial charge is 0.183 e. The molecule has 1 heterocycles. The van der Waals surface area contributed by atoms with Gasteiger partial charge in [-0.25, -0.2) is 0 Å². The van der Waals surface area contributed by atoms with E-state index < -0.39 is 0 Å². The van der Waals surface area contributed by atoms with Crippen LogP contribution in [0.1, 0.15) is 12.6 Å². The molecule has 0 bridgehead atoms. The summed E-state index contributed by atoms with van der Waals surface area (Å²) in [6.07, 6.45) is 1.71. The van der Waals surface area contributed by atoms with Gasteiger partial charge in [-0.1, -0.05) is 6.92 Å². The number of aliphatic hydroxyl groups is 1. The fourth-order valence-corrected chi connectivity index (χ4v) is 2.39. The number of ether oxygens (including phenoxy) is 2. The highest BCUT2D eigenvalue weighted by Crippen LogP contribution is 2.31. The zero-order chi connectivity index (χ0) is 12.7. The van der Waals surface area contributed by atoms with Crippen LogP contribution in [0.2, 0.25) is 0 Å². The predicted octanol–water partition coefficient (Wildman–Crippen LogP) is 1.96. The summed E-state index contributed by atoms with van der Waals surface area (Å²) in [5, 5.41) is 8.94. The molecule has 5 heteroatoms. The maximum Gasteiger partial charge on any atom is 0.183 e. The zero-order valence-electron chi connectivity index (χ0n) is 10.5. The minimum atomic E-state index is 0.218. The van der Waals surface area contributed by atoms with Crippen molar-refractivity contribution < 1.29 is 14.6 Å². The van der Waals surface area contributed by atoms with Crippen molar-refractivity contribution in [1.82, 2.24) is 4.98 Å². The van der Waals surface area contributed by atoms with Crippen LogP contribution in [0.4, 0.5) is 0 Å². The summed E-state index contributed by atoms with van der Waals surface area (Å²) in [6, 6.07) is 1.78. The Morgan fingerprint density at radius 3 is 2.76 bits per heavy atom. The van der Waals surface area contributed by atoms with E-state index in [1.807, 2.05) is 6.92 Å². The standard InChI is InChI=1S/C12H19NO3S/c1-9(6-14)7-17-8-10-12(16-3)11(15-2)4-5-13-10/h4-5,9,14H,6-8H2,1-3H3. The molecule has 0 saturated carbocycles. The molecular weight excluding hydrogens is 238 g/mol. The van der Waals surface area contributed by atoms with Gasteiger partial charge in [0.1, 0.15) is 0 Å². The van der Waals surface area contributed by atoms with E-state index in [4.69, 9.17) is 14.6 Å². The monoisotopic (exact) mass is 257 g/mol. The fraction of sp³-hybridized carbons (Fsp3) is 0.583. The molecule has 1 rings (SSSR count). The van der Waals surface area contributed by atoms with Gasteiger partial charge in [0.15, 0.2) is 11.5 Å². The second-order valence-corrected chi connectivity index (χ2v) is 4.83. The minimum Gasteiger partial charge on any atom is -0.493 e. The third-order valence-electron chi connectivity index (χ3n) is 2.32. The summed E-state index contributed by atoms with van der Waals surface area (Å²) in [6.45, 7) is 2.24. The maximum absolute atomic E-state index is 8.94. The van der Waals surface area contributed by atoms with E-state index in [1.165, 1.54) is 0 Å². The first-order valence-electron chi connectivity index (χ1n) is 5.47. The molecule has 0 aromatic carbocycles. The second kappa shape index (κ2) is 7.40. The van der Waals surface area contributed by atoms with Crippen LogP contribution in [-0.2, 0) is 5.75 Å². The van der Waals surface area contributed by atoms with Gasteiger partial charge in [0, 0.05) is 24.6 Å². The minimum absolute atomic E-state index is 0.218. The maximum atomic E-state index is 8.94. The summed E-state index contributed by atoms with van der Waals surface area (Å²) >= 11 is 1.73. The number of methoxy groups -OCH3 is 2. The number of aliphatic hydroxyl groups excluding tert-OH is 1. The molecule has 4 nitrogen and oxygen atoms in total. The number of hydrogen-bond donors (Lipinski definition) is 1. The lowest BCUT2D eigenvalue weighted by Gasteiger charge is -2.12. The van der Waals surface area contributed by atoms with Crippen molar-refractivity contribution in [3.63, 3.8) is 0 Å². The van der Waals surface area contributed by atoms with Gasteiger partial charge >= 0.3 is 0 Å². The van der Waals surface area contributed by atoms with Crippen LogP contribution in [0.15, 0.2) is 12.3 Å². The molecule has 0 aliphatic carbocycles. The van der Waals surface area contributed by atoms with Gasteiger partial charge in [-0.05, 0) is 11.7 Å². The number of rotatable bonds is 7. The average molecular weight is 257 g/mol. The number of thioether (sulfide) groups is 1. The van der Waals surface area contributed by atoms with Crippen molar-refractivity contribution in [2.24, 2.45) is 5.92 Å². The van der Waals surface area contributed by atoms with Crippen LogP contribution >= 0.6 is 11.8 Å². The van der Waals surface area contributed by atoms with Crippen molar-refractivity contribution in [1.29, 1.82) is 0 Å². The van der Waals surface area contributed by atoms with Crippen LogP contribution in [0, 0.1) is 5.92 Å². The summed E-state index contributed by atoms with van der Waals surface area (Å²) in [5.74, 6) is 3.35. The predicted molar refractivity (Wildman–Crippen MR) is 69.8 cm³/mol. The number of pyridine rings is 1. The number of aromatic nitrogens is 1. The van der Waals surface area contributed by atoms with E-state index in [0.29, 0.717) is 17.4 Å². The molecule has 0 saturated heterocycles. The van der Waals surface area contributed by atoms with Gasteiger partial charge in [0.2, 0.25) is 0 Å². The number of nitrogens with zero attached hydrogens (tertiary/aromatic N) is 1. The van der Waals surface area contributed by atoms with E-state index in [2.05, 4.69) is 4.98 Å². The van der Waals surface area contributed by atoms with E-state index in [9.17, 15) is 0 Å². The van der Waals surface area contributed by atoms with Gasteiger partial charge in [-0.3, -0.25) is 4.98 Å². The highest BCUT2D eigenvalue weighted by Gasteiger charge is 2.11. The molecule has 1 N–H and O–H groups in total. The Bertz CT molecular complexity index is 347. The summed E-state index contributed by atoms with van der Waals surface area (Å²) in [4.78, 5) is 4.29. The van der Waals surface area contributed by atoms with Crippen molar-refractivity contribution in [3.8, 4) is 11.5 Å². The molecule has 0 aliphatic rings. The lowest BCUT2D eigenvalue weighted by Crippen LogP contribution is -2.04. The zero-order valence-corrected chi connectivity index (χ0v) is 11.3. The van der Waals surface area contributed by atoms with Gasteiger partial charge in [0.25, 0.3) is 0 Å². The van der Waals surface area contributed by atoms with Crippen molar-refractivity contribution in [3.05, 3.63) is 18.0 Å². The van der Waals surface area contributed by atoms with E-state index >= 15 is 0 Å². The molecule has 1 aromatic heterocycles. The van der Waals surface area contributed by atoms with E-state index in [-0.39, 0.29) is 6.61 Å². The fourth-order valence-electron chi connectivity index (χ4n) is 1.36. The average Bonchev–Trinajstić information content (AvgIpc) is 2.37. The Balaban J connectivity index is 2.64. The summed E-state index contributed by atoms with van der Waals surface area (Å²) < 4.78 is 10.5.